The van der Waals surface area contributed by atoms with Crippen LogP contribution in [-0.2, 0) is 28.1 Å². The highest BCUT2D eigenvalue weighted by Gasteiger charge is 2.20. The van der Waals surface area contributed by atoms with Crippen LogP contribution in [0.1, 0.15) is 11.3 Å². The lowest BCUT2D eigenvalue weighted by atomic mass is 10.2. The third-order valence-corrected chi connectivity index (χ3v) is 5.42. The van der Waals surface area contributed by atoms with E-state index in [9.17, 15) is 14.3 Å². The summed E-state index contributed by atoms with van der Waals surface area (Å²) in [6.45, 7) is 1.38. The van der Waals surface area contributed by atoms with Gasteiger partial charge in [-0.05, 0) is 25.1 Å². The summed E-state index contributed by atoms with van der Waals surface area (Å²) in [7, 11) is 1.42. The second kappa shape index (κ2) is 8.21. The van der Waals surface area contributed by atoms with Gasteiger partial charge in [-0.2, -0.15) is 0 Å². The van der Waals surface area contributed by atoms with Gasteiger partial charge in [-0.3, -0.25) is 18.6 Å². The fourth-order valence-corrected chi connectivity index (χ4v) is 3.99. The Hall–Kier alpha value is -3.21. The largest absolute Gasteiger partial charge is 0.497 e. The molecule has 3 rings (SSSR count). The van der Waals surface area contributed by atoms with Crippen molar-refractivity contribution in [2.45, 2.75) is 24.6 Å². The first kappa shape index (κ1) is 19.5. The molecule has 28 heavy (non-hydrogen) atoms. The Kier molecular flexibility index (Phi) is 5.73. The first-order chi connectivity index (χ1) is 13.4. The van der Waals surface area contributed by atoms with Crippen molar-refractivity contribution in [1.82, 2.24) is 14.5 Å². The highest BCUT2D eigenvalue weighted by molar-refractivity contribution is 7.84. The fourth-order valence-electron chi connectivity index (χ4n) is 2.73. The quantitative estimate of drug-likeness (QED) is 0.413. The molecule has 0 fully saturated rings. The van der Waals surface area contributed by atoms with E-state index in [1.54, 1.807) is 37.6 Å². The number of ether oxygens (including phenoxy) is 2. The zero-order chi connectivity index (χ0) is 20.3. The van der Waals surface area contributed by atoms with E-state index in [2.05, 4.69) is 14.8 Å². The molecule has 0 aliphatic carbocycles. The molecular formula is C17H18N4O6S. The average Bonchev–Trinajstić information content (AvgIpc) is 3.05. The molecule has 0 radical (unpaired) electrons. The van der Waals surface area contributed by atoms with Crippen LogP contribution >= 0.6 is 0 Å². The van der Waals surface area contributed by atoms with Crippen LogP contribution in [0.3, 0.4) is 0 Å². The maximum absolute atomic E-state index is 13.0. The van der Waals surface area contributed by atoms with Gasteiger partial charge in [-0.1, -0.05) is 0 Å². The van der Waals surface area contributed by atoms with Crippen molar-refractivity contribution in [1.29, 1.82) is 0 Å². The van der Waals surface area contributed by atoms with Crippen molar-refractivity contribution in [2.75, 3.05) is 14.2 Å². The lowest BCUT2D eigenvalue weighted by Crippen LogP contribution is -2.13. The smallest absolute Gasteiger partial charge is 0.296 e. The van der Waals surface area contributed by atoms with Gasteiger partial charge in [0.1, 0.15) is 11.5 Å². The van der Waals surface area contributed by atoms with Crippen LogP contribution in [-0.4, -0.2) is 38.1 Å². The summed E-state index contributed by atoms with van der Waals surface area (Å²) in [4.78, 5) is 23.8. The molecule has 0 aliphatic rings. The molecule has 1 atom stereocenters. The molecule has 10 nitrogen and oxygen atoms in total. The van der Waals surface area contributed by atoms with Crippen LogP contribution in [0.4, 0.5) is 0 Å². The maximum atomic E-state index is 13.0. The van der Waals surface area contributed by atoms with Gasteiger partial charge in [0.15, 0.2) is 6.73 Å². The van der Waals surface area contributed by atoms with Crippen molar-refractivity contribution in [3.63, 3.8) is 0 Å². The number of imidazole rings is 1. The van der Waals surface area contributed by atoms with E-state index in [0.29, 0.717) is 28.2 Å². The number of nitrogens with zero attached hydrogens (tertiary/aromatic N) is 4. The number of fused-ring (bicyclic) bond motifs is 1. The SMILES string of the molecule is COc1ccc2nc(S(=O)Cc3nccc(OC)c3C)n(CO[N+](=O)[O-])c2c1. The van der Waals surface area contributed by atoms with Crippen molar-refractivity contribution >= 4 is 21.8 Å². The molecule has 3 aromatic rings. The molecule has 0 amide bonds. The number of hydrogen-bond acceptors (Lipinski definition) is 8. The van der Waals surface area contributed by atoms with Crippen molar-refractivity contribution in [2.24, 2.45) is 0 Å². The summed E-state index contributed by atoms with van der Waals surface area (Å²) in [5.74, 6) is 1.25. The summed E-state index contributed by atoms with van der Waals surface area (Å²) in [6, 6.07) is 6.76. The zero-order valence-electron chi connectivity index (χ0n) is 15.4. The van der Waals surface area contributed by atoms with Crippen LogP contribution in [0, 0.1) is 17.0 Å². The molecule has 0 N–H and O–H groups in total. The Morgan fingerprint density at radius 1 is 1.25 bits per heavy atom. The number of hydrogen-bond donors (Lipinski definition) is 0. The molecular weight excluding hydrogens is 388 g/mol. The number of methoxy groups -OCH3 is 2. The molecule has 0 spiro atoms. The van der Waals surface area contributed by atoms with E-state index in [-0.39, 0.29) is 10.9 Å². The van der Waals surface area contributed by atoms with Gasteiger partial charge in [0, 0.05) is 17.8 Å². The van der Waals surface area contributed by atoms with E-state index in [0.717, 1.165) is 5.56 Å². The van der Waals surface area contributed by atoms with E-state index in [4.69, 9.17) is 9.47 Å². The van der Waals surface area contributed by atoms with Crippen LogP contribution in [0.15, 0.2) is 35.6 Å². The Balaban J connectivity index is 2.02. The van der Waals surface area contributed by atoms with Gasteiger partial charge in [-0.15, -0.1) is 10.1 Å². The minimum absolute atomic E-state index is 0.0714. The van der Waals surface area contributed by atoms with Crippen molar-refractivity contribution in [3.8, 4) is 11.5 Å². The van der Waals surface area contributed by atoms with E-state index < -0.39 is 22.6 Å². The first-order valence-corrected chi connectivity index (χ1v) is 9.45. The van der Waals surface area contributed by atoms with Crippen LogP contribution in [0.5, 0.6) is 11.5 Å². The minimum atomic E-state index is -1.63. The van der Waals surface area contributed by atoms with Crippen LogP contribution < -0.4 is 9.47 Å². The summed E-state index contributed by atoms with van der Waals surface area (Å²) in [5, 5.41) is 9.90. The Labute approximate surface area is 162 Å². The Morgan fingerprint density at radius 3 is 2.71 bits per heavy atom. The third kappa shape index (κ3) is 3.88. The first-order valence-electron chi connectivity index (χ1n) is 8.13. The summed E-state index contributed by atoms with van der Waals surface area (Å²) in [5.41, 5.74) is 2.39. The summed E-state index contributed by atoms with van der Waals surface area (Å²) < 4.78 is 24.9. The van der Waals surface area contributed by atoms with Gasteiger partial charge < -0.3 is 9.47 Å². The van der Waals surface area contributed by atoms with Crippen LogP contribution in [0.2, 0.25) is 0 Å². The Morgan fingerprint density at radius 2 is 2.04 bits per heavy atom. The second-order valence-corrected chi connectivity index (χ2v) is 7.08. The Bertz CT molecular complexity index is 1050. The predicted molar refractivity (Wildman–Crippen MR) is 100 cm³/mol. The molecule has 2 heterocycles. The molecule has 0 bridgehead atoms. The maximum Gasteiger partial charge on any atom is 0.296 e. The summed E-state index contributed by atoms with van der Waals surface area (Å²) >= 11 is 0. The van der Waals surface area contributed by atoms with E-state index in [1.807, 2.05) is 6.92 Å². The minimum Gasteiger partial charge on any atom is -0.497 e. The zero-order valence-corrected chi connectivity index (χ0v) is 16.3. The standard InChI is InChI=1S/C17H18N4O6S/c1-11-14(18-7-6-16(11)26-3)9-28(24)17-19-13-5-4-12(25-2)8-15(13)20(17)10-27-21(22)23/h4-8H,9-10H2,1-3H3. The fraction of sp³-hybridized carbons (Fsp3) is 0.294. The number of pyridine rings is 1. The van der Waals surface area contributed by atoms with Gasteiger partial charge in [0.05, 0.1) is 47.5 Å². The van der Waals surface area contributed by atoms with Gasteiger partial charge >= 0.3 is 0 Å². The lowest BCUT2D eigenvalue weighted by Gasteiger charge is -2.10. The second-order valence-electron chi connectivity index (χ2n) is 5.73. The third-order valence-electron chi connectivity index (χ3n) is 4.16. The molecule has 11 heteroatoms. The highest BCUT2D eigenvalue weighted by Crippen LogP contribution is 2.26. The van der Waals surface area contributed by atoms with Gasteiger partial charge in [0.25, 0.3) is 5.09 Å². The van der Waals surface area contributed by atoms with Crippen molar-refractivity contribution < 1.29 is 23.6 Å². The molecule has 148 valence electrons. The van der Waals surface area contributed by atoms with E-state index >= 15 is 0 Å². The topological polar surface area (TPSA) is 119 Å². The lowest BCUT2D eigenvalue weighted by molar-refractivity contribution is -0.767. The normalized spacial score (nSPS) is 12.0. The number of benzene rings is 1. The predicted octanol–water partition coefficient (Wildman–Crippen LogP) is 2.23. The molecule has 0 saturated heterocycles. The van der Waals surface area contributed by atoms with Crippen molar-refractivity contribution in [3.05, 3.63) is 51.8 Å². The van der Waals surface area contributed by atoms with Crippen LogP contribution in [0.25, 0.3) is 11.0 Å². The average molecular weight is 406 g/mol. The molecule has 2 aromatic heterocycles. The summed E-state index contributed by atoms with van der Waals surface area (Å²) in [6.07, 6.45) is 1.57. The highest BCUT2D eigenvalue weighted by atomic mass is 32.2. The number of aromatic nitrogens is 3. The van der Waals surface area contributed by atoms with Gasteiger partial charge in [-0.25, -0.2) is 4.98 Å². The number of rotatable bonds is 8. The molecule has 1 aromatic carbocycles. The van der Waals surface area contributed by atoms with E-state index in [1.165, 1.54) is 11.7 Å². The molecule has 1 unspecified atom stereocenters. The molecule has 0 aliphatic heterocycles. The molecule has 0 saturated carbocycles. The monoisotopic (exact) mass is 406 g/mol. The van der Waals surface area contributed by atoms with Gasteiger partial charge in [0.2, 0.25) is 5.16 Å².